The van der Waals surface area contributed by atoms with Crippen LogP contribution in [-0.2, 0) is 13.2 Å². The van der Waals surface area contributed by atoms with Crippen molar-refractivity contribution in [2.45, 2.75) is 20.1 Å². The van der Waals surface area contributed by atoms with Crippen molar-refractivity contribution < 1.29 is 18.0 Å². The van der Waals surface area contributed by atoms with Crippen LogP contribution in [0.15, 0.2) is 28.8 Å². The van der Waals surface area contributed by atoms with E-state index >= 15 is 0 Å². The molecule has 0 aliphatic rings. The number of hydrogen-bond donors (Lipinski definition) is 1. The Morgan fingerprint density at radius 2 is 2.11 bits per heavy atom. The van der Waals surface area contributed by atoms with Crippen molar-refractivity contribution >= 4 is 0 Å². The van der Waals surface area contributed by atoms with Crippen LogP contribution in [0.4, 0.5) is 8.78 Å². The first-order valence-electron chi connectivity index (χ1n) is 5.92. The van der Waals surface area contributed by atoms with Crippen LogP contribution in [-0.4, -0.2) is 11.7 Å². The Balaban J connectivity index is 1.91. The van der Waals surface area contributed by atoms with Gasteiger partial charge in [0.2, 0.25) is 0 Å². The summed E-state index contributed by atoms with van der Waals surface area (Å²) in [5.41, 5.74) is 0.769. The molecular weight excluding hydrogens is 254 g/mol. The van der Waals surface area contributed by atoms with E-state index in [1.807, 2.05) is 6.92 Å². The summed E-state index contributed by atoms with van der Waals surface area (Å²) >= 11 is 0. The first-order valence-corrected chi connectivity index (χ1v) is 5.92. The molecule has 1 heterocycles. The third-order valence-corrected chi connectivity index (χ3v) is 2.44. The van der Waals surface area contributed by atoms with Gasteiger partial charge < -0.3 is 14.6 Å². The van der Waals surface area contributed by atoms with Crippen LogP contribution in [0.25, 0.3) is 0 Å². The number of aromatic nitrogens is 1. The lowest BCUT2D eigenvalue weighted by atomic mass is 10.3. The lowest BCUT2D eigenvalue weighted by molar-refractivity contribution is 0.247. The second kappa shape index (κ2) is 6.29. The van der Waals surface area contributed by atoms with Gasteiger partial charge in [-0.15, -0.1) is 0 Å². The monoisotopic (exact) mass is 268 g/mol. The Morgan fingerprint density at radius 3 is 2.84 bits per heavy atom. The topological polar surface area (TPSA) is 47.3 Å². The zero-order chi connectivity index (χ0) is 13.7. The summed E-state index contributed by atoms with van der Waals surface area (Å²) in [6.45, 7) is 3.57. The summed E-state index contributed by atoms with van der Waals surface area (Å²) in [5.74, 6) is -1.08. The maximum Gasteiger partial charge on any atom is 0.174 e. The number of nitrogens with zero attached hydrogens (tertiary/aromatic N) is 1. The molecule has 1 aromatic carbocycles. The molecule has 0 aliphatic carbocycles. The van der Waals surface area contributed by atoms with Crippen LogP contribution in [0.1, 0.15) is 18.4 Å². The van der Waals surface area contributed by atoms with Gasteiger partial charge in [0.05, 0.1) is 5.69 Å². The first-order chi connectivity index (χ1) is 9.19. The number of rotatable bonds is 6. The van der Waals surface area contributed by atoms with Gasteiger partial charge in [-0.1, -0.05) is 12.1 Å². The number of ether oxygens (including phenoxy) is 1. The number of benzene rings is 1. The quantitative estimate of drug-likeness (QED) is 0.875. The maximum atomic E-state index is 12.9. The Hall–Kier alpha value is -1.95. The lowest BCUT2D eigenvalue weighted by Gasteiger charge is -2.03. The van der Waals surface area contributed by atoms with Gasteiger partial charge in [0.1, 0.15) is 12.4 Å². The molecule has 0 unspecified atom stereocenters. The van der Waals surface area contributed by atoms with E-state index in [-0.39, 0.29) is 12.4 Å². The Labute approximate surface area is 109 Å². The SMILES string of the molecule is CCNCc1cc(COc2ccc(F)c(F)c2)on1. The van der Waals surface area contributed by atoms with Gasteiger partial charge in [-0.05, 0) is 18.7 Å². The number of hydrogen-bond acceptors (Lipinski definition) is 4. The second-order valence-electron chi connectivity index (χ2n) is 3.93. The average molecular weight is 268 g/mol. The molecule has 2 rings (SSSR count). The summed E-state index contributed by atoms with van der Waals surface area (Å²) in [5, 5.41) is 6.96. The van der Waals surface area contributed by atoms with Gasteiger partial charge in [0, 0.05) is 18.7 Å². The first kappa shape index (κ1) is 13.5. The largest absolute Gasteiger partial charge is 0.485 e. The third-order valence-electron chi connectivity index (χ3n) is 2.44. The normalized spacial score (nSPS) is 10.7. The van der Waals surface area contributed by atoms with E-state index in [0.29, 0.717) is 12.3 Å². The maximum absolute atomic E-state index is 12.9. The van der Waals surface area contributed by atoms with E-state index in [0.717, 1.165) is 24.4 Å². The molecule has 0 saturated heterocycles. The fourth-order valence-corrected chi connectivity index (χ4v) is 1.48. The average Bonchev–Trinajstić information content (AvgIpc) is 2.86. The van der Waals surface area contributed by atoms with Crippen molar-refractivity contribution in [3.05, 3.63) is 47.4 Å². The van der Waals surface area contributed by atoms with Crippen molar-refractivity contribution in [1.29, 1.82) is 0 Å². The van der Waals surface area contributed by atoms with Crippen molar-refractivity contribution in [3.8, 4) is 5.75 Å². The summed E-state index contributed by atoms with van der Waals surface area (Å²) in [7, 11) is 0. The summed E-state index contributed by atoms with van der Waals surface area (Å²) in [6.07, 6.45) is 0. The van der Waals surface area contributed by atoms with Crippen LogP contribution < -0.4 is 10.1 Å². The van der Waals surface area contributed by atoms with Gasteiger partial charge in [0.25, 0.3) is 0 Å². The van der Waals surface area contributed by atoms with Gasteiger partial charge in [-0.3, -0.25) is 0 Å². The molecule has 4 nitrogen and oxygen atoms in total. The summed E-state index contributed by atoms with van der Waals surface area (Å²) < 4.78 is 36.0. The molecule has 6 heteroatoms. The third kappa shape index (κ3) is 3.75. The Bertz CT molecular complexity index is 543. The van der Waals surface area contributed by atoms with E-state index in [1.165, 1.54) is 6.07 Å². The molecule has 19 heavy (non-hydrogen) atoms. The van der Waals surface area contributed by atoms with Crippen molar-refractivity contribution in [3.63, 3.8) is 0 Å². The highest BCUT2D eigenvalue weighted by atomic mass is 19.2. The molecule has 1 aromatic heterocycles. The zero-order valence-corrected chi connectivity index (χ0v) is 10.5. The fourth-order valence-electron chi connectivity index (χ4n) is 1.48. The molecule has 1 N–H and O–H groups in total. The fraction of sp³-hybridized carbons (Fsp3) is 0.308. The second-order valence-corrected chi connectivity index (χ2v) is 3.93. The van der Waals surface area contributed by atoms with Crippen molar-refractivity contribution in [2.75, 3.05) is 6.54 Å². The molecule has 0 saturated carbocycles. The van der Waals surface area contributed by atoms with Crippen LogP contribution >= 0.6 is 0 Å². The molecule has 2 aromatic rings. The molecule has 0 radical (unpaired) electrons. The smallest absolute Gasteiger partial charge is 0.174 e. The molecule has 102 valence electrons. The van der Waals surface area contributed by atoms with E-state index in [1.54, 1.807) is 6.07 Å². The molecule has 0 bridgehead atoms. The van der Waals surface area contributed by atoms with E-state index in [4.69, 9.17) is 9.26 Å². The Kier molecular flexibility index (Phi) is 4.46. The summed E-state index contributed by atoms with van der Waals surface area (Å²) in [6, 6.07) is 5.11. The predicted molar refractivity (Wildman–Crippen MR) is 64.6 cm³/mol. The minimum Gasteiger partial charge on any atom is -0.485 e. The van der Waals surface area contributed by atoms with Gasteiger partial charge >= 0.3 is 0 Å². The molecule has 0 amide bonds. The lowest BCUT2D eigenvalue weighted by Crippen LogP contribution is -2.11. The van der Waals surface area contributed by atoms with Crippen LogP contribution in [0, 0.1) is 11.6 Å². The van der Waals surface area contributed by atoms with E-state index in [9.17, 15) is 8.78 Å². The molecule has 0 atom stereocenters. The highest BCUT2D eigenvalue weighted by molar-refractivity contribution is 5.23. The highest BCUT2D eigenvalue weighted by Gasteiger charge is 2.07. The van der Waals surface area contributed by atoms with Gasteiger partial charge in [-0.25, -0.2) is 8.78 Å². The molecule has 0 aliphatic heterocycles. The van der Waals surface area contributed by atoms with Crippen molar-refractivity contribution in [1.82, 2.24) is 10.5 Å². The van der Waals surface area contributed by atoms with E-state index < -0.39 is 11.6 Å². The zero-order valence-electron chi connectivity index (χ0n) is 10.5. The minimum atomic E-state index is -0.942. The number of halogens is 2. The highest BCUT2D eigenvalue weighted by Crippen LogP contribution is 2.17. The molecular formula is C13H14F2N2O2. The Morgan fingerprint density at radius 1 is 1.26 bits per heavy atom. The van der Waals surface area contributed by atoms with Crippen LogP contribution in [0.3, 0.4) is 0 Å². The van der Waals surface area contributed by atoms with Gasteiger partial charge in [0.15, 0.2) is 17.4 Å². The molecule has 0 fully saturated rings. The standard InChI is InChI=1S/C13H14F2N2O2/c1-2-16-7-9-5-11(19-17-9)8-18-10-3-4-12(14)13(15)6-10/h3-6,16H,2,7-8H2,1H3. The van der Waals surface area contributed by atoms with Crippen molar-refractivity contribution in [2.24, 2.45) is 0 Å². The number of nitrogens with one attached hydrogen (secondary N) is 1. The minimum absolute atomic E-state index is 0.115. The van der Waals surface area contributed by atoms with E-state index in [2.05, 4.69) is 10.5 Å². The van der Waals surface area contributed by atoms with Crippen LogP contribution in [0.2, 0.25) is 0 Å². The van der Waals surface area contributed by atoms with Gasteiger partial charge in [-0.2, -0.15) is 0 Å². The molecule has 0 spiro atoms. The summed E-state index contributed by atoms with van der Waals surface area (Å²) in [4.78, 5) is 0. The predicted octanol–water partition coefficient (Wildman–Crippen LogP) is 2.64. The van der Waals surface area contributed by atoms with Crippen LogP contribution in [0.5, 0.6) is 5.75 Å².